The van der Waals surface area contributed by atoms with Crippen LogP contribution in [0.3, 0.4) is 0 Å². The number of esters is 1. The molecule has 0 N–H and O–H groups in total. The van der Waals surface area contributed by atoms with Gasteiger partial charge in [0.1, 0.15) is 12.5 Å². The van der Waals surface area contributed by atoms with E-state index in [9.17, 15) is 14.7 Å². The Morgan fingerprint density at radius 1 is 1.50 bits per heavy atom. The van der Waals surface area contributed by atoms with Crippen molar-refractivity contribution in [2.45, 2.75) is 40.0 Å². The average molecular weight is 345 g/mol. The average Bonchev–Trinajstić information content (AvgIpc) is 2.45. The summed E-state index contributed by atoms with van der Waals surface area (Å²) in [6.07, 6.45) is 2.70. The molecular formula is C17H24NNaO5. The molecule has 1 unspecified atom stereocenters. The van der Waals surface area contributed by atoms with Gasteiger partial charge in [-0.2, -0.15) is 0 Å². The number of methoxy groups -OCH3 is 1. The minimum atomic E-state index is -1.01. The van der Waals surface area contributed by atoms with Crippen molar-refractivity contribution < 1.29 is 53.8 Å². The fourth-order valence-electron chi connectivity index (χ4n) is 2.71. The van der Waals surface area contributed by atoms with Gasteiger partial charge in [-0.05, 0) is 18.3 Å². The van der Waals surface area contributed by atoms with Crippen LogP contribution < -0.4 is 34.7 Å². The second-order valence-corrected chi connectivity index (χ2v) is 6.16. The van der Waals surface area contributed by atoms with Crippen molar-refractivity contribution >= 4 is 17.5 Å². The van der Waals surface area contributed by atoms with Gasteiger partial charge in [0.15, 0.2) is 5.78 Å². The molecule has 0 aromatic rings. The minimum absolute atomic E-state index is 0. The maximum absolute atomic E-state index is 12.8. The smallest absolute Gasteiger partial charge is 0.875 e. The van der Waals surface area contributed by atoms with Crippen molar-refractivity contribution in [3.8, 4) is 0 Å². The number of hydrogen-bond donors (Lipinski definition) is 0. The first-order valence-corrected chi connectivity index (χ1v) is 7.62. The van der Waals surface area contributed by atoms with Gasteiger partial charge >= 0.3 is 35.5 Å². The number of carbonyl (C=O) groups is 2. The quantitative estimate of drug-likeness (QED) is 0.109. The van der Waals surface area contributed by atoms with Crippen LogP contribution in [0.2, 0.25) is 0 Å². The zero-order chi connectivity index (χ0) is 17.6. The summed E-state index contributed by atoms with van der Waals surface area (Å²) in [6.45, 7) is 9.03. The van der Waals surface area contributed by atoms with Crippen molar-refractivity contribution in [3.05, 3.63) is 24.0 Å². The number of hydrogen-bond acceptors (Lipinski definition) is 6. The number of Topliss-reactive ketones (excluding diaryl/α,β-unsaturated/α-hetero) is 1. The number of oxime groups is 1. The first-order valence-electron chi connectivity index (χ1n) is 7.62. The Bertz CT molecular complexity index is 551. The number of carbonyl (C=O) groups excluding carboxylic acids is 2. The molecule has 7 heteroatoms. The predicted molar refractivity (Wildman–Crippen MR) is 84.4 cm³/mol. The second kappa shape index (κ2) is 10.0. The first kappa shape index (κ1) is 22.9. The van der Waals surface area contributed by atoms with E-state index in [1.54, 1.807) is 13.8 Å². The number of allylic oxidation sites excluding steroid dienone is 2. The zero-order valence-corrected chi connectivity index (χ0v) is 17.2. The second-order valence-electron chi connectivity index (χ2n) is 6.16. The molecule has 1 atom stereocenters. The summed E-state index contributed by atoms with van der Waals surface area (Å²) in [4.78, 5) is 29.9. The van der Waals surface area contributed by atoms with Crippen LogP contribution in [-0.4, -0.2) is 31.2 Å². The summed E-state index contributed by atoms with van der Waals surface area (Å²) < 4.78 is 4.75. The monoisotopic (exact) mass is 345 g/mol. The van der Waals surface area contributed by atoms with Crippen molar-refractivity contribution in [2.75, 3.05) is 13.7 Å². The maximum Gasteiger partial charge on any atom is 1.00 e. The van der Waals surface area contributed by atoms with Gasteiger partial charge < -0.3 is 14.7 Å². The topological polar surface area (TPSA) is 88.0 Å². The van der Waals surface area contributed by atoms with Gasteiger partial charge in [0.25, 0.3) is 0 Å². The molecule has 0 aliphatic heterocycles. The van der Waals surface area contributed by atoms with Gasteiger partial charge in [0.2, 0.25) is 0 Å². The molecule has 0 radical (unpaired) electrons. The van der Waals surface area contributed by atoms with Crippen LogP contribution in [0.5, 0.6) is 0 Å². The van der Waals surface area contributed by atoms with Crippen molar-refractivity contribution in [3.63, 3.8) is 0 Å². The van der Waals surface area contributed by atoms with Crippen LogP contribution in [0.25, 0.3) is 0 Å². The van der Waals surface area contributed by atoms with Crippen LogP contribution in [-0.2, 0) is 19.2 Å². The molecule has 0 bridgehead atoms. The number of ether oxygens (including phenoxy) is 1. The van der Waals surface area contributed by atoms with Crippen LogP contribution in [0.15, 0.2) is 29.1 Å². The van der Waals surface area contributed by atoms with Crippen molar-refractivity contribution in [1.82, 2.24) is 0 Å². The number of rotatable bonds is 7. The van der Waals surface area contributed by atoms with E-state index in [4.69, 9.17) is 9.57 Å². The molecule has 24 heavy (non-hydrogen) atoms. The predicted octanol–water partition coefficient (Wildman–Crippen LogP) is -1.25. The summed E-state index contributed by atoms with van der Waals surface area (Å²) in [5.41, 5.74) is -0.538. The third-order valence-electron chi connectivity index (χ3n) is 3.76. The summed E-state index contributed by atoms with van der Waals surface area (Å²) in [6, 6.07) is 0. The molecule has 6 nitrogen and oxygen atoms in total. The summed E-state index contributed by atoms with van der Waals surface area (Å²) in [5.74, 6) is -2.49. The Labute approximate surface area is 165 Å². The molecular weight excluding hydrogens is 321 g/mol. The SMILES string of the molecule is C=CCON=C(CCC)C1=C([O-])CC(C)(C)C(C(=O)OC)C1=O.[Na+]. The Morgan fingerprint density at radius 3 is 2.62 bits per heavy atom. The molecule has 0 saturated carbocycles. The van der Waals surface area contributed by atoms with E-state index in [0.717, 1.165) is 0 Å². The fraction of sp³-hybridized carbons (Fsp3) is 0.588. The molecule has 0 aromatic heterocycles. The van der Waals surface area contributed by atoms with Crippen LogP contribution in [0.4, 0.5) is 0 Å². The standard InChI is InChI=1S/C17H25NO5.Na/c1-6-8-11(18-23-9-7-2)13-12(19)10-17(3,4)14(15(13)20)16(21)22-5;/h7,14,19H,2,6,8-10H2,1,3-5H3;/q;+1/p-1. The Kier molecular flexibility index (Phi) is 9.55. The Balaban J connectivity index is 0.00000529. The van der Waals surface area contributed by atoms with Gasteiger partial charge in [-0.25, -0.2) is 0 Å². The molecule has 0 saturated heterocycles. The largest absolute Gasteiger partial charge is 1.00 e. The summed E-state index contributed by atoms with van der Waals surface area (Å²) in [7, 11) is 1.23. The van der Waals surface area contributed by atoms with Crippen LogP contribution in [0, 0.1) is 11.3 Å². The molecule has 0 heterocycles. The van der Waals surface area contributed by atoms with Gasteiger partial charge in [0.05, 0.1) is 12.8 Å². The number of nitrogens with zero attached hydrogens (tertiary/aromatic N) is 1. The van der Waals surface area contributed by atoms with Crippen molar-refractivity contribution in [1.29, 1.82) is 0 Å². The third kappa shape index (κ3) is 5.19. The van der Waals surface area contributed by atoms with E-state index < -0.39 is 23.1 Å². The molecule has 0 amide bonds. The van der Waals surface area contributed by atoms with Crippen LogP contribution in [0.1, 0.15) is 40.0 Å². The molecule has 0 aromatic carbocycles. The van der Waals surface area contributed by atoms with E-state index in [-0.39, 0.29) is 59.6 Å². The molecule has 0 spiro atoms. The normalized spacial score (nSPS) is 20.2. The maximum atomic E-state index is 12.8. The van der Waals surface area contributed by atoms with Gasteiger partial charge in [0, 0.05) is 5.57 Å². The molecule has 1 aliphatic carbocycles. The zero-order valence-electron chi connectivity index (χ0n) is 15.2. The van der Waals surface area contributed by atoms with E-state index in [1.807, 2.05) is 6.92 Å². The van der Waals surface area contributed by atoms with E-state index in [2.05, 4.69) is 11.7 Å². The van der Waals surface area contributed by atoms with E-state index >= 15 is 0 Å². The third-order valence-corrected chi connectivity index (χ3v) is 3.76. The molecule has 1 rings (SSSR count). The molecule has 0 fully saturated rings. The summed E-state index contributed by atoms with van der Waals surface area (Å²) >= 11 is 0. The Hall–Kier alpha value is -1.11. The fourth-order valence-corrected chi connectivity index (χ4v) is 2.71. The minimum Gasteiger partial charge on any atom is -0.875 e. The Morgan fingerprint density at radius 2 is 2.12 bits per heavy atom. The molecule has 128 valence electrons. The van der Waals surface area contributed by atoms with Crippen molar-refractivity contribution in [2.24, 2.45) is 16.5 Å². The van der Waals surface area contributed by atoms with Gasteiger partial charge in [-0.1, -0.05) is 45.0 Å². The van der Waals surface area contributed by atoms with Gasteiger partial charge in [-0.15, -0.1) is 5.76 Å². The first-order chi connectivity index (χ1) is 10.8. The number of ketones is 1. The van der Waals surface area contributed by atoms with Gasteiger partial charge in [-0.3, -0.25) is 9.59 Å². The summed E-state index contributed by atoms with van der Waals surface area (Å²) in [5, 5.41) is 16.4. The van der Waals surface area contributed by atoms with E-state index in [0.29, 0.717) is 12.8 Å². The van der Waals surface area contributed by atoms with Crippen LogP contribution >= 0.6 is 0 Å². The van der Waals surface area contributed by atoms with E-state index in [1.165, 1.54) is 13.2 Å². The molecule has 1 aliphatic rings.